The molecule has 0 aliphatic rings. The molecule has 0 rings (SSSR count). The Balaban J connectivity index is 3.56. The molecule has 0 saturated heterocycles. The minimum atomic E-state index is -0.355. The van der Waals surface area contributed by atoms with Gasteiger partial charge in [-0.05, 0) is 25.8 Å². The van der Waals surface area contributed by atoms with E-state index in [0.29, 0.717) is 5.04 Å². The molecule has 62 valence electrons. The largest absolute Gasteiger partial charge is 0.419 e. The second-order valence-corrected chi connectivity index (χ2v) is 7.66. The summed E-state index contributed by atoms with van der Waals surface area (Å²) in [7, 11) is -0.355. The highest BCUT2D eigenvalue weighted by Gasteiger charge is 2.17. The molecule has 0 fully saturated rings. The summed E-state index contributed by atoms with van der Waals surface area (Å²) in [5.41, 5.74) is 0.0690. The molecule has 0 unspecified atom stereocenters. The van der Waals surface area contributed by atoms with Gasteiger partial charge in [0.05, 0.1) is 0 Å². The van der Waals surface area contributed by atoms with Gasteiger partial charge in [-0.2, -0.15) is 0 Å². The van der Waals surface area contributed by atoms with Crippen LogP contribution in [0.25, 0.3) is 0 Å². The van der Waals surface area contributed by atoms with E-state index in [9.17, 15) is 0 Å². The quantitative estimate of drug-likeness (QED) is 0.534. The van der Waals surface area contributed by atoms with Crippen LogP contribution in [0.15, 0.2) is 0 Å². The molecule has 0 spiro atoms. The lowest BCUT2D eigenvalue weighted by atomic mass is 10.2. The first-order chi connectivity index (χ1) is 4.21. The maximum Gasteiger partial charge on any atom is 0.167 e. The van der Waals surface area contributed by atoms with E-state index < -0.39 is 0 Å². The van der Waals surface area contributed by atoms with Crippen LogP contribution in [-0.2, 0) is 4.43 Å². The predicted molar refractivity (Wildman–Crippen MR) is 49.1 cm³/mol. The Morgan fingerprint density at radius 1 is 0.900 bits per heavy atom. The summed E-state index contributed by atoms with van der Waals surface area (Å²) in [6.07, 6.45) is 0. The zero-order valence-electron chi connectivity index (χ0n) is 8.12. The van der Waals surface area contributed by atoms with E-state index in [2.05, 4.69) is 41.5 Å². The molecule has 0 aromatic heterocycles. The minimum absolute atomic E-state index is 0.0690. The normalized spacial score (nSPS) is 15.0. The molecule has 0 radical (unpaired) electrons. The topological polar surface area (TPSA) is 9.23 Å². The van der Waals surface area contributed by atoms with Crippen LogP contribution in [0.5, 0.6) is 0 Å². The maximum atomic E-state index is 5.73. The molecule has 0 aromatic rings. The third kappa shape index (κ3) is 8.18. The molecule has 0 N–H and O–H groups in total. The van der Waals surface area contributed by atoms with Gasteiger partial charge in [-0.1, -0.05) is 20.8 Å². The summed E-state index contributed by atoms with van der Waals surface area (Å²) in [6, 6.07) is 0. The van der Waals surface area contributed by atoms with Gasteiger partial charge in [0.15, 0.2) is 9.76 Å². The highest BCUT2D eigenvalue weighted by Crippen LogP contribution is 2.22. The Kier molecular flexibility index (Phi) is 3.11. The molecule has 0 amide bonds. The van der Waals surface area contributed by atoms with Gasteiger partial charge in [-0.3, -0.25) is 0 Å². The zero-order valence-corrected chi connectivity index (χ0v) is 9.53. The molecule has 0 aromatic carbocycles. The van der Waals surface area contributed by atoms with Crippen molar-refractivity contribution < 1.29 is 4.43 Å². The van der Waals surface area contributed by atoms with E-state index in [-0.39, 0.29) is 15.4 Å². The van der Waals surface area contributed by atoms with Crippen molar-refractivity contribution in [2.24, 2.45) is 0 Å². The van der Waals surface area contributed by atoms with Crippen LogP contribution in [0.4, 0.5) is 0 Å². The van der Waals surface area contributed by atoms with Gasteiger partial charge in [-0.25, -0.2) is 0 Å². The van der Waals surface area contributed by atoms with Gasteiger partial charge in [-0.15, -0.1) is 0 Å². The number of hydrogen-bond donors (Lipinski definition) is 0. The standard InChI is InChI=1S/C8H20OSi/c1-7(2,3)9-10-8(4,5)6/h10H2,1-6H3. The van der Waals surface area contributed by atoms with Crippen molar-refractivity contribution in [3.05, 3.63) is 0 Å². The van der Waals surface area contributed by atoms with Gasteiger partial charge in [0.25, 0.3) is 0 Å². The van der Waals surface area contributed by atoms with Crippen molar-refractivity contribution in [1.82, 2.24) is 0 Å². The second kappa shape index (κ2) is 3.05. The summed E-state index contributed by atoms with van der Waals surface area (Å²) < 4.78 is 5.73. The van der Waals surface area contributed by atoms with Crippen molar-refractivity contribution in [2.45, 2.75) is 52.2 Å². The zero-order chi connectivity index (χ0) is 8.41. The number of rotatable bonds is 1. The van der Waals surface area contributed by atoms with Crippen molar-refractivity contribution >= 4 is 9.76 Å². The lowest BCUT2D eigenvalue weighted by Gasteiger charge is -2.26. The first kappa shape index (κ1) is 10.2. The molecule has 0 bridgehead atoms. The van der Waals surface area contributed by atoms with Gasteiger partial charge in [0, 0.05) is 5.60 Å². The molecule has 0 saturated carbocycles. The van der Waals surface area contributed by atoms with E-state index in [1.165, 1.54) is 0 Å². The summed E-state index contributed by atoms with van der Waals surface area (Å²) in [4.78, 5) is 0. The SMILES string of the molecule is CC(C)(C)O[SiH2]C(C)(C)C. The van der Waals surface area contributed by atoms with Crippen molar-refractivity contribution in [2.75, 3.05) is 0 Å². The smallest absolute Gasteiger partial charge is 0.167 e. The van der Waals surface area contributed by atoms with Crippen LogP contribution in [0.1, 0.15) is 41.5 Å². The van der Waals surface area contributed by atoms with E-state index >= 15 is 0 Å². The van der Waals surface area contributed by atoms with Crippen LogP contribution in [0, 0.1) is 0 Å². The van der Waals surface area contributed by atoms with Gasteiger partial charge < -0.3 is 4.43 Å². The van der Waals surface area contributed by atoms with E-state index in [0.717, 1.165) is 0 Å². The monoisotopic (exact) mass is 160 g/mol. The summed E-state index contributed by atoms with van der Waals surface area (Å²) in [5.74, 6) is 0. The average molecular weight is 160 g/mol. The lowest BCUT2D eigenvalue weighted by molar-refractivity contribution is 0.132. The molecular formula is C8H20OSi. The van der Waals surface area contributed by atoms with Crippen LogP contribution >= 0.6 is 0 Å². The predicted octanol–water partition coefficient (Wildman–Crippen LogP) is 2.10. The van der Waals surface area contributed by atoms with Gasteiger partial charge in [0.1, 0.15) is 0 Å². The Morgan fingerprint density at radius 2 is 1.30 bits per heavy atom. The molecule has 0 aliphatic carbocycles. The van der Waals surface area contributed by atoms with Crippen molar-refractivity contribution in [3.63, 3.8) is 0 Å². The minimum Gasteiger partial charge on any atom is -0.419 e. The van der Waals surface area contributed by atoms with Crippen molar-refractivity contribution in [1.29, 1.82) is 0 Å². The van der Waals surface area contributed by atoms with E-state index in [4.69, 9.17) is 4.43 Å². The summed E-state index contributed by atoms with van der Waals surface area (Å²) in [6.45, 7) is 13.1. The third-order valence-electron chi connectivity index (χ3n) is 0.938. The first-order valence-corrected chi connectivity index (χ1v) is 5.13. The Morgan fingerprint density at radius 3 is 1.40 bits per heavy atom. The summed E-state index contributed by atoms with van der Waals surface area (Å²) in [5, 5.41) is 0.424. The molecule has 1 nitrogen and oxygen atoms in total. The lowest BCUT2D eigenvalue weighted by Crippen LogP contribution is -2.26. The van der Waals surface area contributed by atoms with E-state index in [1.54, 1.807) is 0 Å². The Labute approximate surface area is 67.1 Å². The van der Waals surface area contributed by atoms with Crippen molar-refractivity contribution in [3.8, 4) is 0 Å². The molecule has 0 heterocycles. The Bertz CT molecular complexity index is 82.8. The molecular weight excluding hydrogens is 140 g/mol. The Hall–Kier alpha value is 0.177. The molecule has 2 heteroatoms. The third-order valence-corrected chi connectivity index (χ3v) is 2.81. The fraction of sp³-hybridized carbons (Fsp3) is 1.00. The average Bonchev–Trinajstić information content (AvgIpc) is 1.57. The van der Waals surface area contributed by atoms with Crippen LogP contribution < -0.4 is 0 Å². The van der Waals surface area contributed by atoms with Gasteiger partial charge in [0.2, 0.25) is 0 Å². The summed E-state index contributed by atoms with van der Waals surface area (Å²) >= 11 is 0. The molecule has 10 heavy (non-hydrogen) atoms. The van der Waals surface area contributed by atoms with Crippen LogP contribution in [0.2, 0.25) is 5.04 Å². The first-order valence-electron chi connectivity index (χ1n) is 3.85. The van der Waals surface area contributed by atoms with Crippen LogP contribution in [0.3, 0.4) is 0 Å². The maximum absolute atomic E-state index is 5.73. The fourth-order valence-corrected chi connectivity index (χ4v) is 1.30. The fourth-order valence-electron chi connectivity index (χ4n) is 0.433. The molecule has 0 aliphatic heterocycles. The molecule has 0 atom stereocenters. The highest BCUT2D eigenvalue weighted by molar-refractivity contribution is 6.31. The second-order valence-electron chi connectivity index (χ2n) is 4.96. The highest BCUT2D eigenvalue weighted by atomic mass is 28.2. The van der Waals surface area contributed by atoms with Crippen LogP contribution in [-0.4, -0.2) is 15.4 Å². The number of hydrogen-bond acceptors (Lipinski definition) is 1. The van der Waals surface area contributed by atoms with Gasteiger partial charge >= 0.3 is 0 Å². The van der Waals surface area contributed by atoms with E-state index in [1.807, 2.05) is 0 Å².